The number of hydrogen-bond donors (Lipinski definition) is 2. The fourth-order valence-corrected chi connectivity index (χ4v) is 3.46. The Hall–Kier alpha value is -2.78. The van der Waals surface area contributed by atoms with Gasteiger partial charge in [-0.2, -0.15) is 0 Å². The molecule has 1 fully saturated rings. The third-order valence-electron chi connectivity index (χ3n) is 4.56. The van der Waals surface area contributed by atoms with E-state index in [2.05, 4.69) is 26.8 Å². The third kappa shape index (κ3) is 5.39. The lowest BCUT2D eigenvalue weighted by Gasteiger charge is -2.34. The predicted molar refractivity (Wildman–Crippen MR) is 108 cm³/mol. The number of nitrogens with zero attached hydrogens (tertiary/aromatic N) is 2. The minimum Gasteiger partial charge on any atom is -0.336 e. The van der Waals surface area contributed by atoms with E-state index >= 15 is 0 Å². The van der Waals surface area contributed by atoms with Crippen molar-refractivity contribution in [1.82, 2.24) is 20.7 Å². The Morgan fingerprint density at radius 2 is 1.52 bits per heavy atom. The van der Waals surface area contributed by atoms with Crippen molar-refractivity contribution in [2.24, 2.45) is 0 Å². The Bertz CT molecular complexity index is 916. The van der Waals surface area contributed by atoms with Gasteiger partial charge in [0.2, 0.25) is 0 Å². The number of benzene rings is 2. The summed E-state index contributed by atoms with van der Waals surface area (Å²) in [4.78, 5) is 40.1. The van der Waals surface area contributed by atoms with Crippen molar-refractivity contribution >= 4 is 33.7 Å². The van der Waals surface area contributed by atoms with Gasteiger partial charge in [0.15, 0.2) is 0 Å². The molecule has 1 heterocycles. The molecule has 9 heteroatoms. The average Bonchev–Trinajstić information content (AvgIpc) is 2.73. The van der Waals surface area contributed by atoms with Crippen LogP contribution in [0.1, 0.15) is 20.7 Å². The molecule has 0 radical (unpaired) electrons. The zero-order valence-corrected chi connectivity index (χ0v) is 17.1. The molecule has 0 unspecified atom stereocenters. The summed E-state index contributed by atoms with van der Waals surface area (Å²) in [6, 6.07) is 12.8. The summed E-state index contributed by atoms with van der Waals surface area (Å²) >= 11 is 3.28. The van der Waals surface area contributed by atoms with Gasteiger partial charge in [-0.25, -0.2) is 4.39 Å². The third-order valence-corrected chi connectivity index (χ3v) is 5.26. The highest BCUT2D eigenvalue weighted by atomic mass is 79.9. The van der Waals surface area contributed by atoms with Crippen molar-refractivity contribution in [2.45, 2.75) is 0 Å². The SMILES string of the molecule is O=C(CN1CCN(C(=O)c2ccccc2F)CC1)NNC(=O)c1ccccc1Br. The molecule has 152 valence electrons. The zero-order valence-electron chi connectivity index (χ0n) is 15.5. The summed E-state index contributed by atoms with van der Waals surface area (Å²) in [6.45, 7) is 1.82. The first-order valence-corrected chi connectivity index (χ1v) is 9.85. The van der Waals surface area contributed by atoms with E-state index in [9.17, 15) is 18.8 Å². The van der Waals surface area contributed by atoms with Crippen LogP contribution in [0.25, 0.3) is 0 Å². The predicted octanol–water partition coefficient (Wildman–Crippen LogP) is 1.81. The Morgan fingerprint density at radius 3 is 2.17 bits per heavy atom. The topological polar surface area (TPSA) is 81.8 Å². The largest absolute Gasteiger partial charge is 0.336 e. The number of piperazine rings is 1. The van der Waals surface area contributed by atoms with E-state index in [1.165, 1.54) is 18.2 Å². The number of halogens is 2. The molecule has 2 aromatic rings. The van der Waals surface area contributed by atoms with Crippen LogP contribution in [0.2, 0.25) is 0 Å². The fourth-order valence-electron chi connectivity index (χ4n) is 3.00. The van der Waals surface area contributed by atoms with Gasteiger partial charge in [-0.05, 0) is 40.2 Å². The molecule has 0 aliphatic carbocycles. The number of nitrogens with one attached hydrogen (secondary N) is 2. The Kier molecular flexibility index (Phi) is 6.95. The zero-order chi connectivity index (χ0) is 20.8. The van der Waals surface area contributed by atoms with E-state index < -0.39 is 11.7 Å². The molecular weight excluding hydrogens is 443 g/mol. The van der Waals surface area contributed by atoms with Crippen molar-refractivity contribution in [3.8, 4) is 0 Å². The molecule has 29 heavy (non-hydrogen) atoms. The van der Waals surface area contributed by atoms with Gasteiger partial charge in [-0.15, -0.1) is 0 Å². The minimum atomic E-state index is -0.542. The average molecular weight is 463 g/mol. The van der Waals surface area contributed by atoms with Gasteiger partial charge >= 0.3 is 0 Å². The molecule has 3 amide bonds. The number of hydrogen-bond acceptors (Lipinski definition) is 4. The number of hydrazine groups is 1. The molecule has 1 aliphatic rings. The lowest BCUT2D eigenvalue weighted by atomic mass is 10.1. The monoisotopic (exact) mass is 462 g/mol. The number of carbonyl (C=O) groups excluding carboxylic acids is 3. The van der Waals surface area contributed by atoms with Crippen LogP contribution in [-0.4, -0.2) is 60.2 Å². The molecule has 3 rings (SSSR count). The van der Waals surface area contributed by atoms with Crippen LogP contribution in [0.5, 0.6) is 0 Å². The number of rotatable bonds is 4. The molecule has 1 aliphatic heterocycles. The fraction of sp³-hybridized carbons (Fsp3) is 0.250. The minimum absolute atomic E-state index is 0.0495. The normalized spacial score (nSPS) is 14.3. The standard InChI is InChI=1S/C20H20BrFN4O3/c21-16-7-3-1-5-14(16)19(28)24-23-18(27)13-25-9-11-26(12-10-25)20(29)15-6-2-4-8-17(15)22/h1-8H,9-13H2,(H,23,27)(H,24,28). The van der Waals surface area contributed by atoms with Crippen molar-refractivity contribution < 1.29 is 18.8 Å². The quantitative estimate of drug-likeness (QED) is 0.678. The molecular formula is C20H20BrFN4O3. The maximum atomic E-state index is 13.8. The van der Waals surface area contributed by atoms with E-state index in [1.807, 2.05) is 4.90 Å². The first-order chi connectivity index (χ1) is 14.0. The van der Waals surface area contributed by atoms with Gasteiger partial charge in [0.25, 0.3) is 17.7 Å². The van der Waals surface area contributed by atoms with Gasteiger partial charge in [-0.1, -0.05) is 24.3 Å². The molecule has 0 saturated carbocycles. The van der Waals surface area contributed by atoms with Gasteiger partial charge in [-0.3, -0.25) is 30.1 Å². The van der Waals surface area contributed by atoms with Gasteiger partial charge in [0, 0.05) is 30.7 Å². The molecule has 0 aromatic heterocycles. The second-order valence-corrected chi connectivity index (χ2v) is 7.38. The van der Waals surface area contributed by atoms with Crippen LogP contribution in [-0.2, 0) is 4.79 Å². The second kappa shape index (κ2) is 9.62. The van der Waals surface area contributed by atoms with E-state index in [0.717, 1.165) is 0 Å². The van der Waals surface area contributed by atoms with Crippen molar-refractivity contribution in [1.29, 1.82) is 0 Å². The highest BCUT2D eigenvalue weighted by Gasteiger charge is 2.25. The summed E-state index contributed by atoms with van der Waals surface area (Å²) in [6.07, 6.45) is 0. The van der Waals surface area contributed by atoms with Crippen molar-refractivity contribution in [2.75, 3.05) is 32.7 Å². The molecule has 0 atom stereocenters. The summed E-state index contributed by atoms with van der Waals surface area (Å²) in [5.74, 6) is -1.68. The van der Waals surface area contributed by atoms with Gasteiger partial charge in [0.05, 0.1) is 17.7 Å². The van der Waals surface area contributed by atoms with Crippen LogP contribution in [0.15, 0.2) is 53.0 Å². The van der Waals surface area contributed by atoms with Crippen LogP contribution in [0, 0.1) is 5.82 Å². The van der Waals surface area contributed by atoms with E-state index in [0.29, 0.717) is 36.2 Å². The van der Waals surface area contributed by atoms with Crippen molar-refractivity contribution in [3.63, 3.8) is 0 Å². The van der Waals surface area contributed by atoms with E-state index in [-0.39, 0.29) is 23.9 Å². The maximum absolute atomic E-state index is 13.8. The first kappa shape index (κ1) is 20.9. The summed E-state index contributed by atoms with van der Waals surface area (Å²) < 4.78 is 14.4. The smallest absolute Gasteiger partial charge is 0.270 e. The highest BCUT2D eigenvalue weighted by molar-refractivity contribution is 9.10. The molecule has 0 bridgehead atoms. The second-order valence-electron chi connectivity index (χ2n) is 6.53. The van der Waals surface area contributed by atoms with Gasteiger partial charge in [0.1, 0.15) is 5.82 Å². The van der Waals surface area contributed by atoms with Crippen LogP contribution >= 0.6 is 15.9 Å². The number of amides is 3. The Labute approximate surface area is 176 Å². The summed E-state index contributed by atoms with van der Waals surface area (Å²) in [5, 5.41) is 0. The summed E-state index contributed by atoms with van der Waals surface area (Å²) in [7, 11) is 0. The lowest BCUT2D eigenvalue weighted by molar-refractivity contribution is -0.123. The maximum Gasteiger partial charge on any atom is 0.270 e. The molecule has 2 aromatic carbocycles. The van der Waals surface area contributed by atoms with Crippen LogP contribution in [0.3, 0.4) is 0 Å². The Balaban J connectivity index is 1.44. The van der Waals surface area contributed by atoms with Crippen LogP contribution in [0.4, 0.5) is 4.39 Å². The number of carbonyl (C=O) groups is 3. The molecule has 2 N–H and O–H groups in total. The van der Waals surface area contributed by atoms with Crippen LogP contribution < -0.4 is 10.9 Å². The molecule has 0 spiro atoms. The lowest BCUT2D eigenvalue weighted by Crippen LogP contribution is -2.53. The molecule has 1 saturated heterocycles. The van der Waals surface area contributed by atoms with E-state index in [1.54, 1.807) is 35.2 Å². The van der Waals surface area contributed by atoms with Gasteiger partial charge < -0.3 is 4.90 Å². The van der Waals surface area contributed by atoms with E-state index in [4.69, 9.17) is 0 Å². The summed E-state index contributed by atoms with van der Waals surface area (Å²) in [5.41, 5.74) is 5.23. The first-order valence-electron chi connectivity index (χ1n) is 9.05. The highest BCUT2D eigenvalue weighted by Crippen LogP contribution is 2.15. The molecule has 7 nitrogen and oxygen atoms in total. The van der Waals surface area contributed by atoms with Crippen molar-refractivity contribution in [3.05, 3.63) is 69.9 Å². The Morgan fingerprint density at radius 1 is 0.897 bits per heavy atom.